The summed E-state index contributed by atoms with van der Waals surface area (Å²) in [5.41, 5.74) is 2.98. The average Bonchev–Trinajstić information content (AvgIpc) is 3.20. The molecule has 0 saturated carbocycles. The highest BCUT2D eigenvalue weighted by molar-refractivity contribution is 6.35. The van der Waals surface area contributed by atoms with Gasteiger partial charge in [0, 0.05) is 30.9 Å². The van der Waals surface area contributed by atoms with Gasteiger partial charge in [-0.15, -0.1) is 0 Å². The summed E-state index contributed by atoms with van der Waals surface area (Å²) in [6.07, 6.45) is -8.86. The number of ether oxygens (including phenoxy) is 1. The van der Waals surface area contributed by atoms with Crippen molar-refractivity contribution in [3.63, 3.8) is 0 Å². The number of carbonyl (C=O) groups excluding carboxylic acids is 3. The summed E-state index contributed by atoms with van der Waals surface area (Å²) in [5.74, 6) is -3.11. The van der Waals surface area contributed by atoms with Gasteiger partial charge >= 0.3 is 24.2 Å². The predicted octanol–water partition coefficient (Wildman–Crippen LogP) is 1.16. The second-order valence-electron chi connectivity index (χ2n) is 7.59. The van der Waals surface area contributed by atoms with Crippen LogP contribution >= 0.6 is 0 Å². The number of benzene rings is 1. The van der Waals surface area contributed by atoms with E-state index in [-0.39, 0.29) is 38.2 Å². The number of morpholine rings is 1. The minimum Gasteiger partial charge on any atom is -0.378 e. The maximum atomic E-state index is 13.1. The third-order valence-corrected chi connectivity index (χ3v) is 4.99. The van der Waals surface area contributed by atoms with Crippen LogP contribution in [0.3, 0.4) is 0 Å². The van der Waals surface area contributed by atoms with Crippen LogP contribution in [0.15, 0.2) is 35.5 Å². The van der Waals surface area contributed by atoms with Gasteiger partial charge in [0.1, 0.15) is 12.0 Å². The van der Waals surface area contributed by atoms with Crippen LogP contribution in [0.5, 0.6) is 0 Å². The van der Waals surface area contributed by atoms with Gasteiger partial charge in [0.2, 0.25) is 0 Å². The van der Waals surface area contributed by atoms with E-state index in [4.69, 9.17) is 4.74 Å². The van der Waals surface area contributed by atoms with Gasteiger partial charge in [0.25, 0.3) is 5.91 Å². The highest BCUT2D eigenvalue weighted by Crippen LogP contribution is 2.36. The van der Waals surface area contributed by atoms with Crippen LogP contribution in [0.2, 0.25) is 0 Å². The topological polar surface area (TPSA) is 115 Å². The quantitative estimate of drug-likeness (QED) is 0.238. The van der Waals surface area contributed by atoms with Crippen LogP contribution in [0.25, 0.3) is 0 Å². The highest BCUT2D eigenvalue weighted by atomic mass is 19.4. The first-order chi connectivity index (χ1) is 16.8. The smallest absolute Gasteiger partial charge is 0.378 e. The molecule has 1 aromatic carbocycles. The summed E-state index contributed by atoms with van der Waals surface area (Å²) in [7, 11) is 0. The van der Waals surface area contributed by atoms with E-state index in [1.807, 2.05) is 10.9 Å². The minimum atomic E-state index is -5.02. The fraction of sp³-hybridized carbons (Fsp3) is 0.400. The number of rotatable bonds is 3. The van der Waals surface area contributed by atoms with Crippen molar-refractivity contribution in [1.82, 2.24) is 26.2 Å². The van der Waals surface area contributed by atoms with E-state index in [1.54, 1.807) is 0 Å². The number of aliphatic imine (C=N–C) groups is 1. The van der Waals surface area contributed by atoms with Crippen LogP contribution in [0.1, 0.15) is 23.6 Å². The zero-order valence-corrected chi connectivity index (χ0v) is 18.5. The van der Waals surface area contributed by atoms with Crippen LogP contribution in [0, 0.1) is 0 Å². The largest absolute Gasteiger partial charge is 0.416 e. The molecule has 0 spiro atoms. The molecule has 3 rings (SSSR count). The number of hydrazine groups is 2. The first-order valence-electron chi connectivity index (χ1n) is 10.3. The SMILES string of the molecule is CC1N=C(c2cc(C(F)(F)F)cc(C(F)(F)F)c2)NN1/C=C\C(=O)NNC(=O)C(=O)N1CCOCC1. The number of hydrogen-bond donors (Lipinski definition) is 3. The second-order valence-corrected chi connectivity index (χ2v) is 7.59. The van der Waals surface area contributed by atoms with Crippen LogP contribution < -0.4 is 16.3 Å². The van der Waals surface area contributed by atoms with Crippen LogP contribution in [-0.2, 0) is 31.5 Å². The Morgan fingerprint density at radius 2 is 1.61 bits per heavy atom. The molecule has 196 valence electrons. The van der Waals surface area contributed by atoms with Crippen LogP contribution in [0.4, 0.5) is 26.3 Å². The summed E-state index contributed by atoms with van der Waals surface area (Å²) in [6, 6.07) is 1.05. The summed E-state index contributed by atoms with van der Waals surface area (Å²) in [4.78, 5) is 41.1. The highest BCUT2D eigenvalue weighted by Gasteiger charge is 2.38. The first-order valence-corrected chi connectivity index (χ1v) is 10.3. The summed E-state index contributed by atoms with van der Waals surface area (Å²) in [5, 5.41) is 1.14. The number of carbonyl (C=O) groups is 3. The number of nitrogens with zero attached hydrogens (tertiary/aromatic N) is 3. The molecule has 3 N–H and O–H groups in total. The molecule has 2 heterocycles. The van der Waals surface area contributed by atoms with Gasteiger partial charge in [-0.1, -0.05) is 0 Å². The van der Waals surface area contributed by atoms with E-state index in [1.165, 1.54) is 11.8 Å². The van der Waals surface area contributed by atoms with Gasteiger partial charge in [0.15, 0.2) is 0 Å². The van der Waals surface area contributed by atoms with E-state index in [0.29, 0.717) is 12.1 Å². The molecule has 1 aromatic rings. The molecule has 16 heteroatoms. The van der Waals surface area contributed by atoms with E-state index in [9.17, 15) is 40.7 Å². The van der Waals surface area contributed by atoms with Gasteiger partial charge in [-0.3, -0.25) is 35.7 Å². The lowest BCUT2D eigenvalue weighted by Crippen LogP contribution is -2.52. The molecular formula is C20H20F6N6O4. The van der Waals surface area contributed by atoms with Crippen molar-refractivity contribution in [3.8, 4) is 0 Å². The standard InChI is InChI=1S/C20H20F6N6O4/c1-11-27-16(12-8-13(19(21,22)23)10-14(9-12)20(24,25)26)30-32(11)3-2-15(33)28-29-17(34)18(35)31-4-6-36-7-5-31/h2-3,8-11H,4-7H2,1H3,(H,27,30)(H,28,33)(H,29,34)/b3-2-. The zero-order valence-electron chi connectivity index (χ0n) is 18.5. The molecule has 2 aliphatic rings. The van der Waals surface area contributed by atoms with Crippen molar-refractivity contribution >= 4 is 23.6 Å². The Balaban J connectivity index is 1.62. The van der Waals surface area contributed by atoms with Crippen molar-refractivity contribution in [1.29, 1.82) is 0 Å². The van der Waals surface area contributed by atoms with Crippen molar-refractivity contribution in [2.24, 2.45) is 4.99 Å². The summed E-state index contributed by atoms with van der Waals surface area (Å²) < 4.78 is 83.8. The van der Waals surface area contributed by atoms with Crippen LogP contribution in [-0.4, -0.2) is 65.9 Å². The lowest BCUT2D eigenvalue weighted by molar-refractivity contribution is -0.149. The number of alkyl halides is 6. The van der Waals surface area contributed by atoms with Crippen molar-refractivity contribution < 1.29 is 45.5 Å². The molecule has 1 saturated heterocycles. The Labute approximate surface area is 199 Å². The monoisotopic (exact) mass is 522 g/mol. The molecule has 36 heavy (non-hydrogen) atoms. The van der Waals surface area contributed by atoms with E-state index >= 15 is 0 Å². The third-order valence-electron chi connectivity index (χ3n) is 4.99. The lowest BCUT2D eigenvalue weighted by atomic mass is 10.0. The van der Waals surface area contributed by atoms with Gasteiger partial charge in [0.05, 0.1) is 24.3 Å². The number of halogens is 6. The fourth-order valence-electron chi connectivity index (χ4n) is 3.16. The lowest BCUT2D eigenvalue weighted by Gasteiger charge is -2.26. The molecule has 1 atom stereocenters. The molecule has 1 fully saturated rings. The Kier molecular flexibility index (Phi) is 7.76. The van der Waals surface area contributed by atoms with E-state index in [2.05, 4.69) is 10.4 Å². The molecule has 1 unspecified atom stereocenters. The average molecular weight is 522 g/mol. The minimum absolute atomic E-state index is 0.00252. The number of hydrogen-bond acceptors (Lipinski definition) is 7. The fourth-order valence-corrected chi connectivity index (χ4v) is 3.16. The zero-order chi connectivity index (χ0) is 26.7. The van der Waals surface area contributed by atoms with Crippen molar-refractivity contribution in [2.45, 2.75) is 25.4 Å². The van der Waals surface area contributed by atoms with Gasteiger partial charge in [-0.25, -0.2) is 4.99 Å². The molecule has 0 aromatic heterocycles. The molecular weight excluding hydrogens is 502 g/mol. The molecule has 10 nitrogen and oxygen atoms in total. The molecule has 0 aliphatic carbocycles. The van der Waals surface area contributed by atoms with E-state index in [0.717, 1.165) is 17.3 Å². The molecule has 2 aliphatic heterocycles. The maximum Gasteiger partial charge on any atom is 0.416 e. The number of nitrogens with one attached hydrogen (secondary N) is 3. The summed E-state index contributed by atoms with van der Waals surface area (Å²) in [6.45, 7) is 2.45. The normalized spacial score (nSPS) is 18.6. The predicted molar refractivity (Wildman–Crippen MR) is 110 cm³/mol. The molecule has 3 amide bonds. The Hall–Kier alpha value is -3.82. The third kappa shape index (κ3) is 6.65. The second kappa shape index (κ2) is 10.4. The Morgan fingerprint density at radius 3 is 2.17 bits per heavy atom. The Morgan fingerprint density at radius 1 is 1.03 bits per heavy atom. The van der Waals surface area contributed by atoms with E-state index < -0.39 is 52.9 Å². The first kappa shape index (κ1) is 26.8. The van der Waals surface area contributed by atoms with Gasteiger partial charge in [-0.2, -0.15) is 26.3 Å². The summed E-state index contributed by atoms with van der Waals surface area (Å²) >= 11 is 0. The number of amides is 3. The molecule has 0 bridgehead atoms. The van der Waals surface area contributed by atoms with Gasteiger partial charge in [-0.05, 0) is 25.1 Å². The Bertz CT molecular complexity index is 1050. The molecule has 0 radical (unpaired) electrons. The number of amidine groups is 1. The van der Waals surface area contributed by atoms with Gasteiger partial charge < -0.3 is 9.64 Å². The van der Waals surface area contributed by atoms with Crippen molar-refractivity contribution in [3.05, 3.63) is 47.2 Å². The van der Waals surface area contributed by atoms with Crippen molar-refractivity contribution in [2.75, 3.05) is 26.3 Å². The maximum absolute atomic E-state index is 13.1.